The third kappa shape index (κ3) is 8.98. The quantitative estimate of drug-likeness (QED) is 0.413. The number of hydrogen-bond acceptors (Lipinski definition) is 6. The lowest BCUT2D eigenvalue weighted by Gasteiger charge is -2.38. The fraction of sp³-hybridized carbons (Fsp3) is 0.692. The summed E-state index contributed by atoms with van der Waals surface area (Å²) in [5.41, 5.74) is 1.09. The van der Waals surface area contributed by atoms with Crippen molar-refractivity contribution in [2.24, 2.45) is 11.8 Å². The van der Waals surface area contributed by atoms with Crippen LogP contribution in [0.5, 0.6) is 0 Å². The summed E-state index contributed by atoms with van der Waals surface area (Å²) in [6, 6.07) is 10.2. The Labute approximate surface area is 209 Å². The summed E-state index contributed by atoms with van der Waals surface area (Å²) in [4.78, 5) is 26.5. The van der Waals surface area contributed by atoms with Gasteiger partial charge in [0.05, 0.1) is 19.8 Å². The molecule has 2 heterocycles. The molecule has 2 aliphatic heterocycles. The topological polar surface area (TPSA) is 101 Å². The van der Waals surface area contributed by atoms with Crippen LogP contribution in [0.3, 0.4) is 0 Å². The number of alkyl carbamates (subject to hydrolysis) is 1. The Balaban J connectivity index is 1.59. The van der Waals surface area contributed by atoms with Crippen LogP contribution >= 0.6 is 0 Å². The monoisotopic (exact) mass is 490 g/mol. The molecule has 3 amide bonds. The van der Waals surface area contributed by atoms with Gasteiger partial charge in [-0.15, -0.1) is 0 Å². The molecule has 0 radical (unpaired) electrons. The van der Waals surface area contributed by atoms with Gasteiger partial charge in [-0.2, -0.15) is 0 Å². The first-order chi connectivity index (χ1) is 17.1. The maximum atomic E-state index is 13.3. The fourth-order valence-electron chi connectivity index (χ4n) is 5.10. The summed E-state index contributed by atoms with van der Waals surface area (Å²) in [6.45, 7) is 4.47. The molecule has 1 aromatic rings. The van der Waals surface area contributed by atoms with E-state index in [-0.39, 0.29) is 24.1 Å². The van der Waals surface area contributed by atoms with Gasteiger partial charge in [0.15, 0.2) is 0 Å². The molecule has 1 aromatic carbocycles. The van der Waals surface area contributed by atoms with Crippen molar-refractivity contribution in [2.75, 3.05) is 60.2 Å². The van der Waals surface area contributed by atoms with Crippen molar-refractivity contribution in [1.82, 2.24) is 20.9 Å². The van der Waals surface area contributed by atoms with Gasteiger partial charge in [-0.3, -0.25) is 0 Å². The Bertz CT molecular complexity index is 759. The van der Waals surface area contributed by atoms with E-state index in [4.69, 9.17) is 9.47 Å². The largest absolute Gasteiger partial charge is 0.453 e. The number of urea groups is 1. The lowest BCUT2D eigenvalue weighted by Crippen LogP contribution is -2.52. The van der Waals surface area contributed by atoms with Gasteiger partial charge < -0.3 is 35.1 Å². The van der Waals surface area contributed by atoms with E-state index >= 15 is 0 Å². The van der Waals surface area contributed by atoms with Crippen LogP contribution in [-0.2, 0) is 14.2 Å². The molecule has 2 fully saturated rings. The first-order valence-electron chi connectivity index (χ1n) is 12.9. The molecule has 0 spiro atoms. The average molecular weight is 491 g/mol. The van der Waals surface area contributed by atoms with E-state index < -0.39 is 6.09 Å². The second kappa shape index (κ2) is 14.9. The summed E-state index contributed by atoms with van der Waals surface area (Å²) in [5, 5.41) is 9.15. The smallest absolute Gasteiger partial charge is 0.406 e. The molecule has 0 bridgehead atoms. The van der Waals surface area contributed by atoms with Crippen molar-refractivity contribution < 1.29 is 23.8 Å². The van der Waals surface area contributed by atoms with Crippen LogP contribution in [0.1, 0.15) is 43.8 Å². The van der Waals surface area contributed by atoms with Crippen LogP contribution in [0.15, 0.2) is 30.3 Å². The molecule has 35 heavy (non-hydrogen) atoms. The molecule has 2 aliphatic rings. The van der Waals surface area contributed by atoms with E-state index in [1.165, 1.54) is 7.11 Å². The lowest BCUT2D eigenvalue weighted by atomic mass is 9.88. The Morgan fingerprint density at radius 1 is 1.20 bits per heavy atom. The molecule has 9 heteroatoms. The van der Waals surface area contributed by atoms with E-state index in [9.17, 15) is 9.59 Å². The van der Waals surface area contributed by atoms with Crippen LogP contribution in [-0.4, -0.2) is 83.2 Å². The normalized spacial score (nSPS) is 22.2. The van der Waals surface area contributed by atoms with Crippen LogP contribution < -0.4 is 16.0 Å². The van der Waals surface area contributed by atoms with Crippen molar-refractivity contribution >= 4 is 12.1 Å². The van der Waals surface area contributed by atoms with Gasteiger partial charge in [-0.1, -0.05) is 30.3 Å². The number of nitrogens with one attached hydrogen (secondary N) is 3. The van der Waals surface area contributed by atoms with E-state index in [2.05, 4.69) is 32.8 Å². The third-order valence-corrected chi connectivity index (χ3v) is 6.81. The van der Waals surface area contributed by atoms with Gasteiger partial charge in [0, 0.05) is 51.4 Å². The number of benzene rings is 1. The number of ether oxygens (including phenoxy) is 3. The second-order valence-corrected chi connectivity index (χ2v) is 9.49. The van der Waals surface area contributed by atoms with Crippen molar-refractivity contribution in [3.05, 3.63) is 35.9 Å². The molecule has 9 nitrogen and oxygen atoms in total. The van der Waals surface area contributed by atoms with Gasteiger partial charge in [-0.25, -0.2) is 9.59 Å². The van der Waals surface area contributed by atoms with Crippen molar-refractivity contribution in [3.63, 3.8) is 0 Å². The number of likely N-dealkylation sites (tertiary alicyclic amines) is 1. The van der Waals surface area contributed by atoms with Gasteiger partial charge in [-0.05, 0) is 50.6 Å². The van der Waals surface area contributed by atoms with E-state index in [1.807, 2.05) is 30.1 Å². The molecule has 3 rings (SSSR count). The Hall–Kier alpha value is -2.36. The van der Waals surface area contributed by atoms with Crippen molar-refractivity contribution in [1.29, 1.82) is 0 Å². The lowest BCUT2D eigenvalue weighted by molar-refractivity contribution is -0.00873. The van der Waals surface area contributed by atoms with Gasteiger partial charge in [0.25, 0.3) is 0 Å². The number of carbonyl (C=O) groups excluding carboxylic acids is 2. The summed E-state index contributed by atoms with van der Waals surface area (Å²) in [6.07, 6.45) is 4.45. The highest BCUT2D eigenvalue weighted by molar-refractivity contribution is 5.74. The van der Waals surface area contributed by atoms with Gasteiger partial charge in [0.1, 0.15) is 0 Å². The number of nitrogens with zero attached hydrogens (tertiary/aromatic N) is 1. The van der Waals surface area contributed by atoms with Crippen molar-refractivity contribution in [3.8, 4) is 0 Å². The summed E-state index contributed by atoms with van der Waals surface area (Å²) in [5.74, 6) is 0.662. The molecule has 196 valence electrons. The molecule has 1 unspecified atom stereocenters. The van der Waals surface area contributed by atoms with Gasteiger partial charge >= 0.3 is 12.1 Å². The highest BCUT2D eigenvalue weighted by atomic mass is 16.5. The molecular weight excluding hydrogens is 448 g/mol. The summed E-state index contributed by atoms with van der Waals surface area (Å²) >= 11 is 0. The maximum absolute atomic E-state index is 13.3. The number of methoxy groups -OCH3 is 1. The number of amides is 3. The standard InChI is InChI=1S/C26H42N4O5/c1-27-17-23(16-20-8-7-14-34-19-20)29-25(31)30-13-6-11-22(18-30)24(21-9-4-3-5-10-21)35-15-12-28-26(32)33-2/h3-5,9-10,20,22-24,27H,6-8,11-19H2,1-2H3,(H,28,32)(H,29,31)/t20?,22-,23+,24+/m1/s1. The number of carbonyl (C=O) groups is 2. The Kier molecular flexibility index (Phi) is 11.6. The van der Waals surface area contributed by atoms with Crippen LogP contribution in [0.2, 0.25) is 0 Å². The minimum absolute atomic E-state index is 0.00847. The molecule has 3 N–H and O–H groups in total. The van der Waals surface area contributed by atoms with Crippen LogP contribution in [0.25, 0.3) is 0 Å². The zero-order chi connectivity index (χ0) is 24.9. The zero-order valence-electron chi connectivity index (χ0n) is 21.2. The highest BCUT2D eigenvalue weighted by Gasteiger charge is 2.32. The number of likely N-dealkylation sites (N-methyl/N-ethyl adjacent to an activating group) is 1. The summed E-state index contributed by atoms with van der Waals surface area (Å²) < 4.78 is 16.5. The Morgan fingerprint density at radius 3 is 2.74 bits per heavy atom. The fourth-order valence-corrected chi connectivity index (χ4v) is 5.10. The van der Waals surface area contributed by atoms with E-state index in [1.54, 1.807) is 0 Å². The molecular formula is C26H42N4O5. The average Bonchev–Trinajstić information content (AvgIpc) is 2.89. The molecule has 0 aliphatic carbocycles. The van der Waals surface area contributed by atoms with E-state index in [0.717, 1.165) is 64.0 Å². The van der Waals surface area contributed by atoms with E-state index in [0.29, 0.717) is 25.6 Å². The summed E-state index contributed by atoms with van der Waals surface area (Å²) in [7, 11) is 3.26. The minimum Gasteiger partial charge on any atom is -0.453 e. The SMILES string of the molecule is CNC[C@H](CC1CCCOC1)NC(=O)N1CCC[C@@H]([C@@H](OCCNC(=O)OC)c2ccccc2)C1. The molecule has 2 saturated heterocycles. The molecule has 0 aromatic heterocycles. The first kappa shape index (κ1) is 27.2. The number of rotatable bonds is 11. The molecule has 4 atom stereocenters. The third-order valence-electron chi connectivity index (χ3n) is 6.81. The Morgan fingerprint density at radius 2 is 2.03 bits per heavy atom. The van der Waals surface area contributed by atoms with Gasteiger partial charge in [0.2, 0.25) is 0 Å². The molecule has 0 saturated carbocycles. The van der Waals surface area contributed by atoms with Crippen molar-refractivity contribution in [2.45, 2.75) is 44.2 Å². The maximum Gasteiger partial charge on any atom is 0.406 e. The van der Waals surface area contributed by atoms with Crippen LogP contribution in [0, 0.1) is 11.8 Å². The van der Waals surface area contributed by atoms with Crippen LogP contribution in [0.4, 0.5) is 9.59 Å². The zero-order valence-corrected chi connectivity index (χ0v) is 21.2. The first-order valence-corrected chi connectivity index (χ1v) is 12.9. The predicted molar refractivity (Wildman–Crippen MR) is 134 cm³/mol. The predicted octanol–water partition coefficient (Wildman–Crippen LogP) is 2.93. The number of piperidine rings is 1. The highest BCUT2D eigenvalue weighted by Crippen LogP contribution is 2.33. The number of hydrogen-bond donors (Lipinski definition) is 3. The second-order valence-electron chi connectivity index (χ2n) is 9.49. The minimum atomic E-state index is -0.471.